The van der Waals surface area contributed by atoms with Crippen molar-refractivity contribution in [3.63, 3.8) is 0 Å². The second-order valence-electron chi connectivity index (χ2n) is 5.56. The van der Waals surface area contributed by atoms with Crippen molar-refractivity contribution in [3.05, 3.63) is 24.0 Å². The molecule has 0 amide bonds. The van der Waals surface area contributed by atoms with E-state index in [1.165, 1.54) is 37.6 Å². The summed E-state index contributed by atoms with van der Waals surface area (Å²) in [5.41, 5.74) is 3.06. The van der Waals surface area contributed by atoms with E-state index in [1.807, 2.05) is 6.20 Å². The van der Waals surface area contributed by atoms with Gasteiger partial charge in [0.25, 0.3) is 0 Å². The molecule has 0 saturated carbocycles. The first kappa shape index (κ1) is 10.1. The fraction of sp³-hybridized carbons (Fsp3) is 0.615. The fourth-order valence-corrected chi connectivity index (χ4v) is 2.57. The van der Waals surface area contributed by atoms with Crippen molar-refractivity contribution in [2.45, 2.75) is 19.8 Å². The zero-order valence-corrected chi connectivity index (χ0v) is 10.0. The molecule has 0 radical (unpaired) electrons. The SMILES string of the molecule is CC(C)c1ccc(N2CC3(CNC3)C2)cn1. The van der Waals surface area contributed by atoms with Crippen LogP contribution in [-0.2, 0) is 0 Å². The first-order chi connectivity index (χ1) is 7.69. The lowest BCUT2D eigenvalue weighted by atomic mass is 9.74. The van der Waals surface area contributed by atoms with Crippen LogP contribution >= 0.6 is 0 Å². The number of aromatic nitrogens is 1. The molecule has 1 N–H and O–H groups in total. The topological polar surface area (TPSA) is 28.2 Å². The van der Waals surface area contributed by atoms with Crippen molar-refractivity contribution in [3.8, 4) is 0 Å². The lowest BCUT2D eigenvalue weighted by Crippen LogP contribution is -2.71. The van der Waals surface area contributed by atoms with E-state index in [1.54, 1.807) is 0 Å². The molecular formula is C13H19N3. The number of nitrogens with zero attached hydrogens (tertiary/aromatic N) is 2. The van der Waals surface area contributed by atoms with Gasteiger partial charge in [0.05, 0.1) is 11.9 Å². The molecule has 1 spiro atoms. The van der Waals surface area contributed by atoms with E-state index >= 15 is 0 Å². The maximum absolute atomic E-state index is 4.52. The minimum absolute atomic E-state index is 0.521. The van der Waals surface area contributed by atoms with Crippen LogP contribution in [0.25, 0.3) is 0 Å². The van der Waals surface area contributed by atoms with E-state index < -0.39 is 0 Å². The summed E-state index contributed by atoms with van der Waals surface area (Å²) in [5, 5.41) is 3.36. The zero-order valence-electron chi connectivity index (χ0n) is 10.0. The summed E-state index contributed by atoms with van der Waals surface area (Å²) in [6.45, 7) is 9.15. The molecule has 3 rings (SSSR count). The second kappa shape index (κ2) is 3.45. The van der Waals surface area contributed by atoms with Crippen molar-refractivity contribution >= 4 is 5.69 Å². The summed E-state index contributed by atoms with van der Waals surface area (Å²) in [4.78, 5) is 6.94. The molecule has 3 heteroatoms. The van der Waals surface area contributed by atoms with Crippen molar-refractivity contribution < 1.29 is 0 Å². The van der Waals surface area contributed by atoms with Crippen LogP contribution < -0.4 is 10.2 Å². The van der Waals surface area contributed by atoms with Gasteiger partial charge in [0.2, 0.25) is 0 Å². The Balaban J connectivity index is 1.67. The third kappa shape index (κ3) is 1.50. The molecule has 2 fully saturated rings. The van der Waals surface area contributed by atoms with Crippen LogP contribution in [0.1, 0.15) is 25.5 Å². The van der Waals surface area contributed by atoms with E-state index in [9.17, 15) is 0 Å². The van der Waals surface area contributed by atoms with Crippen LogP contribution in [0.3, 0.4) is 0 Å². The summed E-state index contributed by atoms with van der Waals surface area (Å²) in [6.07, 6.45) is 2.02. The first-order valence-corrected chi connectivity index (χ1v) is 6.10. The average Bonchev–Trinajstić information content (AvgIpc) is 2.14. The molecule has 2 aliphatic rings. The highest BCUT2D eigenvalue weighted by molar-refractivity contribution is 5.49. The maximum atomic E-state index is 4.52. The van der Waals surface area contributed by atoms with Crippen LogP contribution in [-0.4, -0.2) is 31.2 Å². The second-order valence-corrected chi connectivity index (χ2v) is 5.56. The number of hydrogen-bond acceptors (Lipinski definition) is 3. The summed E-state index contributed by atoms with van der Waals surface area (Å²) in [6, 6.07) is 4.37. The number of anilines is 1. The quantitative estimate of drug-likeness (QED) is 0.816. The van der Waals surface area contributed by atoms with E-state index in [0.717, 1.165) is 0 Å². The molecule has 0 bridgehead atoms. The lowest BCUT2D eigenvalue weighted by molar-refractivity contribution is 0.121. The van der Waals surface area contributed by atoms with Gasteiger partial charge < -0.3 is 10.2 Å². The van der Waals surface area contributed by atoms with Crippen LogP contribution in [0, 0.1) is 5.41 Å². The van der Waals surface area contributed by atoms with Crippen LogP contribution in [0.5, 0.6) is 0 Å². The molecule has 0 aliphatic carbocycles. The van der Waals surface area contributed by atoms with Gasteiger partial charge in [-0.2, -0.15) is 0 Å². The Morgan fingerprint density at radius 3 is 2.50 bits per heavy atom. The van der Waals surface area contributed by atoms with Gasteiger partial charge in [-0.15, -0.1) is 0 Å². The number of pyridine rings is 1. The average molecular weight is 217 g/mol. The Bertz CT molecular complexity index is 371. The zero-order chi connectivity index (χ0) is 11.2. The Hall–Kier alpha value is -1.09. The van der Waals surface area contributed by atoms with Crippen LogP contribution in [0.15, 0.2) is 18.3 Å². The fourth-order valence-electron chi connectivity index (χ4n) is 2.57. The van der Waals surface area contributed by atoms with Crippen molar-refractivity contribution in [1.29, 1.82) is 0 Å². The summed E-state index contributed by atoms with van der Waals surface area (Å²) >= 11 is 0. The minimum atomic E-state index is 0.521. The highest BCUT2D eigenvalue weighted by atomic mass is 15.3. The first-order valence-electron chi connectivity index (χ1n) is 6.10. The van der Waals surface area contributed by atoms with Gasteiger partial charge in [-0.25, -0.2) is 0 Å². The molecule has 0 unspecified atom stereocenters. The van der Waals surface area contributed by atoms with Crippen molar-refractivity contribution in [2.75, 3.05) is 31.1 Å². The van der Waals surface area contributed by atoms with E-state index in [2.05, 4.69) is 41.2 Å². The highest BCUT2D eigenvalue weighted by Crippen LogP contribution is 2.37. The van der Waals surface area contributed by atoms with Gasteiger partial charge in [0.15, 0.2) is 0 Å². The van der Waals surface area contributed by atoms with Crippen molar-refractivity contribution in [1.82, 2.24) is 10.3 Å². The largest absolute Gasteiger partial charge is 0.369 e. The Labute approximate surface area is 96.9 Å². The smallest absolute Gasteiger partial charge is 0.0553 e. The Morgan fingerprint density at radius 1 is 1.31 bits per heavy atom. The van der Waals surface area contributed by atoms with E-state index in [4.69, 9.17) is 0 Å². The molecule has 1 aromatic rings. The van der Waals surface area contributed by atoms with Gasteiger partial charge >= 0.3 is 0 Å². The molecule has 0 aromatic carbocycles. The summed E-state index contributed by atoms with van der Waals surface area (Å²) in [5.74, 6) is 0.521. The van der Waals surface area contributed by atoms with E-state index in [-0.39, 0.29) is 0 Å². The Kier molecular flexibility index (Phi) is 2.18. The van der Waals surface area contributed by atoms with Crippen LogP contribution in [0.2, 0.25) is 0 Å². The molecule has 3 heterocycles. The predicted molar refractivity (Wildman–Crippen MR) is 65.8 cm³/mol. The van der Waals surface area contributed by atoms with E-state index in [0.29, 0.717) is 11.3 Å². The van der Waals surface area contributed by atoms with Gasteiger partial charge in [-0.05, 0) is 18.1 Å². The van der Waals surface area contributed by atoms with Gasteiger partial charge in [-0.3, -0.25) is 4.98 Å². The number of hydrogen-bond donors (Lipinski definition) is 1. The molecule has 0 atom stereocenters. The molecule has 2 aliphatic heterocycles. The lowest BCUT2D eigenvalue weighted by Gasteiger charge is -2.57. The number of rotatable bonds is 2. The molecular weight excluding hydrogens is 198 g/mol. The minimum Gasteiger partial charge on any atom is -0.369 e. The normalized spacial score (nSPS) is 22.1. The third-order valence-corrected chi connectivity index (χ3v) is 3.78. The molecule has 1 aromatic heterocycles. The predicted octanol–water partition coefficient (Wildman–Crippen LogP) is 1.61. The van der Waals surface area contributed by atoms with Crippen LogP contribution in [0.4, 0.5) is 5.69 Å². The van der Waals surface area contributed by atoms with Gasteiger partial charge in [0, 0.05) is 37.3 Å². The molecule has 86 valence electrons. The number of nitrogens with one attached hydrogen (secondary N) is 1. The summed E-state index contributed by atoms with van der Waals surface area (Å²) in [7, 11) is 0. The maximum Gasteiger partial charge on any atom is 0.0553 e. The molecule has 2 saturated heterocycles. The van der Waals surface area contributed by atoms with Crippen molar-refractivity contribution in [2.24, 2.45) is 5.41 Å². The third-order valence-electron chi connectivity index (χ3n) is 3.78. The van der Waals surface area contributed by atoms with Gasteiger partial charge in [0.1, 0.15) is 0 Å². The highest BCUT2D eigenvalue weighted by Gasteiger charge is 2.47. The molecule has 3 nitrogen and oxygen atoms in total. The van der Waals surface area contributed by atoms with Gasteiger partial charge in [-0.1, -0.05) is 13.8 Å². The molecule has 16 heavy (non-hydrogen) atoms. The monoisotopic (exact) mass is 217 g/mol. The summed E-state index contributed by atoms with van der Waals surface area (Å²) < 4.78 is 0. The standard InChI is InChI=1S/C13H19N3/c1-10(2)12-4-3-11(5-15-12)16-8-13(9-16)6-14-7-13/h3-5,10,14H,6-9H2,1-2H3. The Morgan fingerprint density at radius 2 is 2.06 bits per heavy atom.